The number of phenols is 1. The van der Waals surface area contributed by atoms with E-state index in [1.807, 2.05) is 39.8 Å². The molecule has 0 spiro atoms. The first-order chi connectivity index (χ1) is 67.1. The standard InChI is InChI=1S/C16H13NO4S.C13H16N2O3S2.C12H14N2O3S2.C9H14N2O3S.C8H11N3O6S.2C7H9N3O6S.C7H8N2O4S/c1-10-2-7-13-14(9-21-17(19)20)16(22-15(13)8-10)11-3-5-12(18)6-4-11;1-3-11(10-5-7-19-8-10)13-14-9(2)12(20-13)4-6-18-15(16)17;1-8(10-4-6-18-7-10)12-13-9(2)11(19-12)3-5-17-14(15)16;1-3-4-9-10-7(2)8(15-9)5-6-14-11(12)13;1-5-7(3-4-16-10(12)13)18-8(9-5)6(2)17-11(14)15;2*1-4-6(3-15-9(11)12)17-7(8-4)5(2)16-10(13)14;1-4-6(3-13-9(11)12)14-7(8-4)5(2)10/h2-8,18H,9H2,1H3;5,7-8,11H,3-4,6H2,1-2H3;4,6-8H,3,5H2,1-2H3;3-6H2,1-2H3;6H,3-4H2,1-2H3;2*5H,3H2,1-2H3;3H2,1-2H3. The number of benzene rings is 2. The van der Waals surface area contributed by atoms with Crippen LogP contribution in [0.3, 0.4) is 0 Å². The Kier molecular flexibility index (Phi) is 50.1. The van der Waals surface area contributed by atoms with Crippen molar-refractivity contribution in [3.8, 4) is 16.2 Å². The van der Waals surface area contributed by atoms with E-state index in [2.05, 4.69) is 149 Å². The molecule has 0 aliphatic carbocycles. The Morgan fingerprint density at radius 1 is 0.373 bits per heavy atom. The van der Waals surface area contributed by atoms with Gasteiger partial charge in [-0.3, -0.25) is 4.79 Å². The lowest BCUT2D eigenvalue weighted by Crippen LogP contribution is -2.05. The first kappa shape index (κ1) is 118. The van der Waals surface area contributed by atoms with Gasteiger partial charge in [-0.1, -0.05) is 32.9 Å². The number of fused-ring (bicyclic) bond motifs is 1. The number of hydrogen-bond donors (Lipinski definition) is 1. The summed E-state index contributed by atoms with van der Waals surface area (Å²) in [6.45, 7) is 26.3. The van der Waals surface area contributed by atoms with Gasteiger partial charge in [-0.05, 0) is 187 Å². The van der Waals surface area contributed by atoms with Gasteiger partial charge in [0.05, 0.1) is 59.5 Å². The molecule has 2 aromatic carbocycles. The number of ketones is 1. The predicted molar refractivity (Wildman–Crippen MR) is 517 cm³/mol. The molecule has 12 aromatic rings. The Balaban J connectivity index is 0.000000287. The molecular formula is C79H94N18O35S10. The fraction of sp³-hybridized carbons (Fsp3) is 0.443. The zero-order chi connectivity index (χ0) is 106. The van der Waals surface area contributed by atoms with Crippen LogP contribution in [0.4, 0.5) is 0 Å². The van der Waals surface area contributed by atoms with Gasteiger partial charge in [0.2, 0.25) is 0 Å². The molecule has 5 unspecified atom stereocenters. The van der Waals surface area contributed by atoms with E-state index in [1.54, 1.807) is 120 Å². The fourth-order valence-electron chi connectivity index (χ4n) is 11.6. The largest absolute Gasteiger partial charge is 0.508 e. The van der Waals surface area contributed by atoms with E-state index in [0.717, 1.165) is 137 Å². The summed E-state index contributed by atoms with van der Waals surface area (Å²) in [5, 5.41) is 125. The van der Waals surface area contributed by atoms with Crippen molar-refractivity contribution in [1.29, 1.82) is 0 Å². The molecule has 10 heterocycles. The molecule has 0 saturated heterocycles. The van der Waals surface area contributed by atoms with Gasteiger partial charge in [0, 0.05) is 79.1 Å². The summed E-state index contributed by atoms with van der Waals surface area (Å²) in [5.41, 5.74) is 10.6. The minimum absolute atomic E-state index is 0.0695. The molecule has 1 N–H and O–H groups in total. The number of nitrogens with zero attached hydrogens (tertiary/aromatic N) is 18. The van der Waals surface area contributed by atoms with Crippen molar-refractivity contribution in [3.05, 3.63) is 319 Å². The van der Waals surface area contributed by atoms with Gasteiger partial charge >= 0.3 is 0 Å². The van der Waals surface area contributed by atoms with Crippen LogP contribution >= 0.6 is 113 Å². The van der Waals surface area contributed by atoms with E-state index in [9.17, 15) is 121 Å². The van der Waals surface area contributed by atoms with Crippen LogP contribution in [-0.4, -0.2) is 128 Å². The number of carbonyl (C=O) groups excluding carboxylic acids is 1. The number of rotatable bonds is 46. The molecule has 63 heteroatoms. The maximum Gasteiger partial charge on any atom is 0.295 e. The third kappa shape index (κ3) is 42.1. The SMILES string of the molecule is CC(=O)c1nc(C)c(CO[N+](=O)[O-])s1.CCC(c1ccsc1)c1nc(C)c(CCO[N+](=O)[O-])s1.CCCc1nc(C)c(CCO[N+](=O)[O-])s1.Cc1ccc2c(CO[N+](=O)[O-])c(-c3ccc(O)cc3)sc2c1.Cc1nc(C(C)O[N+](=O)[O-])sc1CCO[N+](=O)[O-].Cc1nc(C(C)O[N+](=O)[O-])sc1CO[N+](=O)[O-].Cc1nc(C(C)O[N+](=O)[O-])sc1CO[N+](=O)[O-].Cc1nc(C(C)c2ccsc2)sc1CCO[N+](=O)[O-]. The van der Waals surface area contributed by atoms with Crippen LogP contribution in [0.25, 0.3) is 20.5 Å². The van der Waals surface area contributed by atoms with Gasteiger partial charge in [-0.2, -0.15) is 22.7 Å². The van der Waals surface area contributed by atoms with Crippen molar-refractivity contribution in [3.63, 3.8) is 0 Å². The van der Waals surface area contributed by atoms with Crippen molar-refractivity contribution in [2.45, 2.75) is 205 Å². The Hall–Kier alpha value is -14.1. The van der Waals surface area contributed by atoms with Gasteiger partial charge in [-0.15, -0.1) is 202 Å². The van der Waals surface area contributed by atoms with E-state index in [0.29, 0.717) is 89.0 Å². The van der Waals surface area contributed by atoms with Crippen molar-refractivity contribution in [2.75, 3.05) is 26.4 Å². The van der Waals surface area contributed by atoms with Crippen molar-refractivity contribution in [1.82, 2.24) is 34.9 Å². The lowest BCUT2D eigenvalue weighted by Gasteiger charge is -2.09. The second kappa shape index (κ2) is 60.1. The molecule has 0 bridgehead atoms. The Morgan fingerprint density at radius 3 is 1.09 bits per heavy atom. The molecule has 12 rings (SSSR count). The quantitative estimate of drug-likeness (QED) is 0.0210. The van der Waals surface area contributed by atoms with Crippen molar-refractivity contribution >= 4 is 129 Å². The van der Waals surface area contributed by atoms with E-state index < -0.39 is 74.3 Å². The normalized spacial score (nSPS) is 11.5. The van der Waals surface area contributed by atoms with Crippen molar-refractivity contribution in [2.24, 2.45) is 0 Å². The van der Waals surface area contributed by atoms with Crippen LogP contribution in [0.5, 0.6) is 5.75 Å². The summed E-state index contributed by atoms with van der Waals surface area (Å²) in [6.07, 6.45) is 2.62. The number of Topliss-reactive ketones (excluding diaryl/α,β-unsaturated/α-hetero) is 1. The Morgan fingerprint density at radius 2 is 0.718 bits per heavy atom. The van der Waals surface area contributed by atoms with Gasteiger partial charge < -0.3 is 58.3 Å². The third-order valence-electron chi connectivity index (χ3n) is 18.4. The fourth-order valence-corrected chi connectivity index (χ4v) is 21.7. The van der Waals surface area contributed by atoms with E-state index in [4.69, 9.17) is 0 Å². The number of aryl methyl sites for hydroxylation is 9. The van der Waals surface area contributed by atoms with Crippen LogP contribution in [-0.2, 0) is 112 Å². The molecule has 5 atom stereocenters. The maximum absolute atomic E-state index is 10.9. The Labute approximate surface area is 844 Å². The molecule has 53 nitrogen and oxygen atoms in total. The number of aromatic nitrogens is 7. The summed E-state index contributed by atoms with van der Waals surface area (Å²) >= 11 is 14.3. The summed E-state index contributed by atoms with van der Waals surface area (Å²) in [4.78, 5) is 206. The highest BCUT2D eigenvalue weighted by Gasteiger charge is 2.25. The number of phenolic OH excluding ortho intramolecular Hbond substituents is 1. The number of carbonyl (C=O) groups is 1. The molecule has 0 amide bonds. The van der Waals surface area contributed by atoms with Crippen LogP contribution in [0.1, 0.15) is 228 Å². The topological polar surface area (TPSA) is 704 Å². The molecular weight excluding hydrogens is 2080 g/mol. The van der Waals surface area contributed by atoms with Crippen LogP contribution in [0.15, 0.2) is 76.1 Å². The minimum atomic E-state index is -0.908. The molecule has 770 valence electrons. The first-order valence-electron chi connectivity index (χ1n) is 41.3. The summed E-state index contributed by atoms with van der Waals surface area (Å²) in [5.74, 6) is 0.615. The van der Waals surface area contributed by atoms with Gasteiger partial charge in [0.15, 0.2) is 29.1 Å². The molecule has 10 aromatic heterocycles. The van der Waals surface area contributed by atoms with Crippen LogP contribution in [0, 0.1) is 167 Å². The average molecular weight is 2180 g/mol. The first-order valence-corrected chi connectivity index (χ1v) is 49.7. The maximum atomic E-state index is 10.9. The number of thiophene rings is 3. The highest BCUT2D eigenvalue weighted by Crippen LogP contribution is 2.41. The highest BCUT2D eigenvalue weighted by atomic mass is 32.1. The second-order valence-corrected chi connectivity index (χ2v) is 39.1. The highest BCUT2D eigenvalue weighted by molar-refractivity contribution is 7.22. The average Bonchev–Trinajstić information content (AvgIpc) is 1.63. The summed E-state index contributed by atoms with van der Waals surface area (Å²) in [7, 11) is 0. The van der Waals surface area contributed by atoms with Gasteiger partial charge in [0.1, 0.15) is 83.6 Å². The van der Waals surface area contributed by atoms with E-state index in [-0.39, 0.29) is 70.3 Å². The van der Waals surface area contributed by atoms with Crippen LogP contribution < -0.4 is 0 Å². The molecule has 0 aliphatic rings. The van der Waals surface area contributed by atoms with Crippen LogP contribution in [0.2, 0.25) is 0 Å². The lowest BCUT2D eigenvalue weighted by molar-refractivity contribution is -0.770. The summed E-state index contributed by atoms with van der Waals surface area (Å²) < 4.78 is 1.06. The van der Waals surface area contributed by atoms with Gasteiger partial charge in [0.25, 0.3) is 56.0 Å². The minimum Gasteiger partial charge on any atom is -0.508 e. The van der Waals surface area contributed by atoms with E-state index >= 15 is 0 Å². The monoisotopic (exact) mass is 2170 g/mol. The Bertz CT molecular complexity index is 6060. The van der Waals surface area contributed by atoms with Crippen molar-refractivity contribution < 1.29 is 119 Å². The smallest absolute Gasteiger partial charge is 0.295 e. The van der Waals surface area contributed by atoms with Gasteiger partial charge in [-0.25, -0.2) is 34.9 Å². The zero-order valence-electron chi connectivity index (χ0n) is 78.0. The number of hydrogen-bond acceptors (Lipinski definition) is 52. The third-order valence-corrected chi connectivity index (χ3v) is 30.2. The lowest BCUT2D eigenvalue weighted by atomic mass is 10.0. The van der Waals surface area contributed by atoms with E-state index in [1.165, 1.54) is 50.2 Å². The molecule has 0 aliphatic heterocycles. The number of aromatic hydroxyl groups is 1. The molecule has 142 heavy (non-hydrogen) atoms. The molecule has 0 fully saturated rings. The zero-order valence-corrected chi connectivity index (χ0v) is 86.1. The predicted octanol–water partition coefficient (Wildman–Crippen LogP) is 19.4. The second-order valence-electron chi connectivity index (χ2n) is 28.6. The molecule has 0 saturated carbocycles. The summed E-state index contributed by atoms with van der Waals surface area (Å²) in [6, 6.07) is 17.0. The molecule has 0 radical (unpaired) electrons. The number of thiazole rings is 7.